The number of carbonyl (C=O) groups is 2. The number of hydrogen-bond acceptors (Lipinski definition) is 5. The third-order valence-corrected chi connectivity index (χ3v) is 5.80. The van der Waals surface area contributed by atoms with E-state index in [1.807, 2.05) is 23.1 Å². The maximum atomic E-state index is 12.9. The summed E-state index contributed by atoms with van der Waals surface area (Å²) in [7, 11) is 0. The fraction of sp³-hybridized carbons (Fsp3) is 0.368. The van der Waals surface area contributed by atoms with Gasteiger partial charge in [-0.1, -0.05) is 6.07 Å². The maximum Gasteiger partial charge on any atom is 0.264 e. The summed E-state index contributed by atoms with van der Waals surface area (Å²) in [5.41, 5.74) is 1.07. The molecule has 0 bridgehead atoms. The van der Waals surface area contributed by atoms with Gasteiger partial charge in [0.1, 0.15) is 13.2 Å². The summed E-state index contributed by atoms with van der Waals surface area (Å²) in [6, 6.07) is 9.44. The highest BCUT2D eigenvalue weighted by Gasteiger charge is 2.32. The van der Waals surface area contributed by atoms with Gasteiger partial charge in [-0.25, -0.2) is 0 Å². The number of ether oxygens (including phenoxy) is 2. The standard InChI is InChI=1S/C19H19NO4S/c1-12(21)17-6-7-18(25-17)19(22)20-8-2-3-14(20)13-4-5-15-16(11-13)24-10-9-23-15/h4-7,11,14H,2-3,8-10H2,1H3/t14-/m1/s1. The Morgan fingerprint density at radius 2 is 1.84 bits per heavy atom. The Morgan fingerprint density at radius 3 is 2.60 bits per heavy atom. The van der Waals surface area contributed by atoms with Crippen LogP contribution in [0.3, 0.4) is 0 Å². The Labute approximate surface area is 150 Å². The van der Waals surface area contributed by atoms with Crippen molar-refractivity contribution in [3.63, 3.8) is 0 Å². The fourth-order valence-corrected chi connectivity index (χ4v) is 4.26. The van der Waals surface area contributed by atoms with Crippen molar-refractivity contribution in [1.29, 1.82) is 0 Å². The molecule has 6 heteroatoms. The average Bonchev–Trinajstić information content (AvgIpc) is 3.30. The summed E-state index contributed by atoms with van der Waals surface area (Å²) < 4.78 is 11.2. The summed E-state index contributed by atoms with van der Waals surface area (Å²) in [4.78, 5) is 27.6. The van der Waals surface area contributed by atoms with E-state index >= 15 is 0 Å². The van der Waals surface area contributed by atoms with Crippen molar-refractivity contribution in [2.75, 3.05) is 19.8 Å². The van der Waals surface area contributed by atoms with Crippen LogP contribution >= 0.6 is 11.3 Å². The molecule has 4 rings (SSSR count). The van der Waals surface area contributed by atoms with Gasteiger partial charge in [-0.2, -0.15) is 0 Å². The summed E-state index contributed by atoms with van der Waals surface area (Å²) in [5, 5.41) is 0. The molecule has 130 valence electrons. The van der Waals surface area contributed by atoms with E-state index in [9.17, 15) is 9.59 Å². The van der Waals surface area contributed by atoms with Crippen LogP contribution in [0.4, 0.5) is 0 Å². The van der Waals surface area contributed by atoms with Gasteiger partial charge < -0.3 is 14.4 Å². The number of carbonyl (C=O) groups excluding carboxylic acids is 2. The third kappa shape index (κ3) is 3.02. The fourth-order valence-electron chi connectivity index (χ4n) is 3.41. The smallest absolute Gasteiger partial charge is 0.264 e. The van der Waals surface area contributed by atoms with Gasteiger partial charge >= 0.3 is 0 Å². The predicted octanol–water partition coefficient (Wildman–Crippen LogP) is 3.70. The van der Waals surface area contributed by atoms with Gasteiger partial charge in [-0.15, -0.1) is 11.3 Å². The van der Waals surface area contributed by atoms with Gasteiger partial charge in [-0.3, -0.25) is 9.59 Å². The Bertz CT molecular complexity index is 829. The van der Waals surface area contributed by atoms with E-state index in [1.54, 1.807) is 12.1 Å². The molecule has 2 aromatic rings. The van der Waals surface area contributed by atoms with E-state index in [4.69, 9.17) is 9.47 Å². The Hall–Kier alpha value is -2.34. The van der Waals surface area contributed by atoms with Crippen molar-refractivity contribution in [3.8, 4) is 11.5 Å². The van der Waals surface area contributed by atoms with Crippen molar-refractivity contribution in [2.45, 2.75) is 25.8 Å². The van der Waals surface area contributed by atoms with Crippen molar-refractivity contribution in [3.05, 3.63) is 45.6 Å². The van der Waals surface area contributed by atoms with E-state index < -0.39 is 0 Å². The van der Waals surface area contributed by atoms with Crippen molar-refractivity contribution < 1.29 is 19.1 Å². The van der Waals surface area contributed by atoms with Gasteiger partial charge in [0.25, 0.3) is 5.91 Å². The highest BCUT2D eigenvalue weighted by atomic mass is 32.1. The topological polar surface area (TPSA) is 55.8 Å². The number of ketones is 1. The Balaban J connectivity index is 1.59. The SMILES string of the molecule is CC(=O)c1ccc(C(=O)N2CCC[C@@H]2c2ccc3c(c2)OCCO3)s1. The lowest BCUT2D eigenvalue weighted by Gasteiger charge is -2.26. The lowest BCUT2D eigenvalue weighted by molar-refractivity contribution is 0.0740. The quantitative estimate of drug-likeness (QED) is 0.786. The minimum Gasteiger partial charge on any atom is -0.486 e. The molecule has 3 heterocycles. The van der Waals surface area contributed by atoms with Crippen LogP contribution in [-0.2, 0) is 0 Å². The number of hydrogen-bond donors (Lipinski definition) is 0. The lowest BCUT2D eigenvalue weighted by Crippen LogP contribution is -2.30. The molecule has 5 nitrogen and oxygen atoms in total. The first-order chi connectivity index (χ1) is 12.1. The second-order valence-corrected chi connectivity index (χ2v) is 7.36. The molecule has 0 spiro atoms. The van der Waals surface area contributed by atoms with E-state index in [0.717, 1.165) is 36.4 Å². The highest BCUT2D eigenvalue weighted by molar-refractivity contribution is 7.15. The van der Waals surface area contributed by atoms with Gasteiger partial charge in [-0.05, 0) is 49.6 Å². The van der Waals surface area contributed by atoms with Crippen LogP contribution in [-0.4, -0.2) is 36.3 Å². The van der Waals surface area contributed by atoms with E-state index in [1.165, 1.54) is 18.3 Å². The van der Waals surface area contributed by atoms with Crippen LogP contribution in [0, 0.1) is 0 Å². The summed E-state index contributed by atoms with van der Waals surface area (Å²) in [6.07, 6.45) is 1.89. The normalized spacial score (nSPS) is 19.1. The van der Waals surface area contributed by atoms with Crippen molar-refractivity contribution >= 4 is 23.0 Å². The second-order valence-electron chi connectivity index (χ2n) is 6.28. The first-order valence-electron chi connectivity index (χ1n) is 8.45. The molecule has 1 aromatic heterocycles. The zero-order chi connectivity index (χ0) is 17.4. The van der Waals surface area contributed by atoms with Gasteiger partial charge in [0.05, 0.1) is 15.8 Å². The molecule has 2 aliphatic heterocycles. The highest BCUT2D eigenvalue weighted by Crippen LogP contribution is 2.39. The maximum absolute atomic E-state index is 12.9. The first-order valence-corrected chi connectivity index (χ1v) is 9.26. The molecule has 1 amide bonds. The summed E-state index contributed by atoms with van der Waals surface area (Å²) in [5.74, 6) is 1.50. The molecular weight excluding hydrogens is 338 g/mol. The Kier molecular flexibility index (Phi) is 4.21. The van der Waals surface area contributed by atoms with E-state index in [0.29, 0.717) is 23.0 Å². The van der Waals surface area contributed by atoms with E-state index in [2.05, 4.69) is 0 Å². The number of amides is 1. The first kappa shape index (κ1) is 16.1. The largest absolute Gasteiger partial charge is 0.486 e. The number of fused-ring (bicyclic) bond motifs is 1. The molecule has 0 saturated carbocycles. The third-order valence-electron chi connectivity index (χ3n) is 4.63. The minimum atomic E-state index is -0.00569. The van der Waals surface area contributed by atoms with Crippen LogP contribution in [0.15, 0.2) is 30.3 Å². The monoisotopic (exact) mass is 357 g/mol. The zero-order valence-electron chi connectivity index (χ0n) is 14.0. The number of likely N-dealkylation sites (tertiary alicyclic amines) is 1. The number of rotatable bonds is 3. The van der Waals surface area contributed by atoms with Crippen molar-refractivity contribution in [1.82, 2.24) is 4.90 Å². The van der Waals surface area contributed by atoms with Crippen LogP contribution in [0.25, 0.3) is 0 Å². The van der Waals surface area contributed by atoms with Crippen LogP contribution in [0.5, 0.6) is 11.5 Å². The molecular formula is C19H19NO4S. The average molecular weight is 357 g/mol. The molecule has 0 aliphatic carbocycles. The molecule has 1 aromatic carbocycles. The molecule has 1 fully saturated rings. The van der Waals surface area contributed by atoms with Crippen LogP contribution < -0.4 is 9.47 Å². The number of benzene rings is 1. The lowest BCUT2D eigenvalue weighted by atomic mass is 10.0. The Morgan fingerprint density at radius 1 is 1.08 bits per heavy atom. The number of thiophene rings is 1. The molecule has 2 aliphatic rings. The molecule has 0 unspecified atom stereocenters. The predicted molar refractivity (Wildman–Crippen MR) is 94.8 cm³/mol. The van der Waals surface area contributed by atoms with Gasteiger partial charge in [0.2, 0.25) is 0 Å². The summed E-state index contributed by atoms with van der Waals surface area (Å²) >= 11 is 1.27. The van der Waals surface area contributed by atoms with E-state index in [-0.39, 0.29) is 17.7 Å². The molecule has 1 saturated heterocycles. The van der Waals surface area contributed by atoms with Crippen LogP contribution in [0.2, 0.25) is 0 Å². The molecule has 25 heavy (non-hydrogen) atoms. The second kappa shape index (κ2) is 6.52. The van der Waals surface area contributed by atoms with Crippen molar-refractivity contribution in [2.24, 2.45) is 0 Å². The summed E-state index contributed by atoms with van der Waals surface area (Å²) in [6.45, 7) is 3.36. The number of nitrogens with zero attached hydrogens (tertiary/aromatic N) is 1. The molecule has 1 atom stereocenters. The van der Waals surface area contributed by atoms with Gasteiger partial charge in [0, 0.05) is 6.54 Å². The van der Waals surface area contributed by atoms with Gasteiger partial charge in [0.15, 0.2) is 17.3 Å². The molecule has 0 N–H and O–H groups in total. The minimum absolute atomic E-state index is 0.00473. The molecule has 0 radical (unpaired) electrons. The zero-order valence-corrected chi connectivity index (χ0v) is 14.8. The van der Waals surface area contributed by atoms with Crippen LogP contribution in [0.1, 0.15) is 50.7 Å². The number of Topliss-reactive ketones (excluding diaryl/α,β-unsaturated/α-hetero) is 1.